The standard InChI is InChI=1S/C16H26ClN5O2S/c1-3-18-16(20-9-11-25(23,24)4-2)21-13-7-10-22(12-13)15-14(17)6-5-8-19-15/h5-6,8,13H,3-4,7,9-12H2,1-2H3,(H2,18,20,21). The number of nitrogens with zero attached hydrogens (tertiary/aromatic N) is 3. The summed E-state index contributed by atoms with van der Waals surface area (Å²) in [5.41, 5.74) is 0. The fraction of sp³-hybridized carbons (Fsp3) is 0.625. The van der Waals surface area contributed by atoms with Crippen LogP contribution in [0.15, 0.2) is 23.3 Å². The normalized spacial score (nSPS) is 18.4. The SMILES string of the molecule is CCNC(=NCCS(=O)(=O)CC)NC1CCN(c2ncccc2Cl)C1. The Morgan fingerprint density at radius 2 is 2.28 bits per heavy atom. The molecule has 1 fully saturated rings. The second-order valence-electron chi connectivity index (χ2n) is 5.88. The Balaban J connectivity index is 1.93. The molecule has 1 unspecified atom stereocenters. The molecule has 0 amide bonds. The van der Waals surface area contributed by atoms with E-state index in [1.54, 1.807) is 13.1 Å². The van der Waals surface area contributed by atoms with E-state index in [2.05, 4.69) is 25.5 Å². The van der Waals surface area contributed by atoms with E-state index in [9.17, 15) is 8.42 Å². The highest BCUT2D eigenvalue weighted by Gasteiger charge is 2.25. The highest BCUT2D eigenvalue weighted by molar-refractivity contribution is 7.91. The van der Waals surface area contributed by atoms with Crippen LogP contribution in [-0.2, 0) is 9.84 Å². The van der Waals surface area contributed by atoms with Crippen LogP contribution in [0.2, 0.25) is 5.02 Å². The number of guanidine groups is 1. The highest BCUT2D eigenvalue weighted by Crippen LogP contribution is 2.25. The number of sulfone groups is 1. The molecule has 1 aliphatic heterocycles. The Morgan fingerprint density at radius 1 is 1.48 bits per heavy atom. The molecule has 0 radical (unpaired) electrons. The van der Waals surface area contributed by atoms with Gasteiger partial charge in [0, 0.05) is 37.6 Å². The molecular formula is C16H26ClN5O2S. The van der Waals surface area contributed by atoms with Crippen molar-refractivity contribution in [2.75, 3.05) is 42.6 Å². The summed E-state index contributed by atoms with van der Waals surface area (Å²) in [4.78, 5) is 10.9. The van der Waals surface area contributed by atoms with Crippen molar-refractivity contribution in [2.45, 2.75) is 26.3 Å². The van der Waals surface area contributed by atoms with Crippen LogP contribution in [0.1, 0.15) is 20.3 Å². The molecule has 0 aromatic carbocycles. The van der Waals surface area contributed by atoms with Crippen LogP contribution in [0.25, 0.3) is 0 Å². The van der Waals surface area contributed by atoms with Gasteiger partial charge in [0.1, 0.15) is 5.82 Å². The van der Waals surface area contributed by atoms with E-state index in [-0.39, 0.29) is 24.1 Å². The quantitative estimate of drug-likeness (QED) is 0.541. The summed E-state index contributed by atoms with van der Waals surface area (Å²) in [5, 5.41) is 7.18. The Labute approximate surface area is 154 Å². The Hall–Kier alpha value is -1.54. The van der Waals surface area contributed by atoms with Crippen molar-refractivity contribution in [1.82, 2.24) is 15.6 Å². The Kier molecular flexibility index (Phi) is 7.31. The Bertz CT molecular complexity index is 696. The molecule has 7 nitrogen and oxygen atoms in total. The molecule has 140 valence electrons. The van der Waals surface area contributed by atoms with Gasteiger partial charge < -0.3 is 15.5 Å². The molecule has 1 aromatic rings. The zero-order chi connectivity index (χ0) is 18.3. The average molecular weight is 388 g/mol. The number of nitrogens with one attached hydrogen (secondary N) is 2. The average Bonchev–Trinajstić information content (AvgIpc) is 3.03. The van der Waals surface area contributed by atoms with Crippen LogP contribution in [-0.4, -0.2) is 63.1 Å². The number of aliphatic imine (C=N–C) groups is 1. The molecule has 0 bridgehead atoms. The maximum Gasteiger partial charge on any atom is 0.191 e. The van der Waals surface area contributed by atoms with Crippen molar-refractivity contribution in [3.8, 4) is 0 Å². The second kappa shape index (κ2) is 9.24. The first-order chi connectivity index (χ1) is 11.9. The summed E-state index contributed by atoms with van der Waals surface area (Å²) in [6.45, 7) is 6.24. The summed E-state index contributed by atoms with van der Waals surface area (Å²) in [7, 11) is -3.00. The number of aromatic nitrogens is 1. The third-order valence-electron chi connectivity index (χ3n) is 4.02. The van der Waals surface area contributed by atoms with Crippen LogP contribution in [0, 0.1) is 0 Å². The minimum atomic E-state index is -3.00. The lowest BCUT2D eigenvalue weighted by Gasteiger charge is -2.20. The summed E-state index contributed by atoms with van der Waals surface area (Å²) >= 11 is 6.21. The van der Waals surface area contributed by atoms with Crippen molar-refractivity contribution in [1.29, 1.82) is 0 Å². The first-order valence-corrected chi connectivity index (χ1v) is 10.8. The Morgan fingerprint density at radius 3 is 2.96 bits per heavy atom. The van der Waals surface area contributed by atoms with Crippen LogP contribution in [0.4, 0.5) is 5.82 Å². The molecule has 1 aromatic heterocycles. The van der Waals surface area contributed by atoms with Gasteiger partial charge in [-0.3, -0.25) is 4.99 Å². The lowest BCUT2D eigenvalue weighted by atomic mass is 10.3. The summed E-state index contributed by atoms with van der Waals surface area (Å²) in [5.74, 6) is 1.66. The molecule has 2 heterocycles. The number of anilines is 1. The van der Waals surface area contributed by atoms with Gasteiger partial charge in [0.25, 0.3) is 0 Å². The molecule has 2 N–H and O–H groups in total. The maximum atomic E-state index is 11.6. The maximum absolute atomic E-state index is 11.6. The zero-order valence-corrected chi connectivity index (χ0v) is 16.3. The largest absolute Gasteiger partial charge is 0.357 e. The van der Waals surface area contributed by atoms with Gasteiger partial charge in [-0.1, -0.05) is 18.5 Å². The highest BCUT2D eigenvalue weighted by atomic mass is 35.5. The molecule has 0 saturated carbocycles. The lowest BCUT2D eigenvalue weighted by Crippen LogP contribution is -2.45. The fourth-order valence-electron chi connectivity index (χ4n) is 2.63. The van der Waals surface area contributed by atoms with Crippen LogP contribution >= 0.6 is 11.6 Å². The monoisotopic (exact) mass is 387 g/mol. The molecule has 0 spiro atoms. The van der Waals surface area contributed by atoms with Gasteiger partial charge in [0.2, 0.25) is 0 Å². The van der Waals surface area contributed by atoms with E-state index in [0.717, 1.165) is 31.9 Å². The van der Waals surface area contributed by atoms with Crippen molar-refractivity contribution in [2.24, 2.45) is 4.99 Å². The lowest BCUT2D eigenvalue weighted by molar-refractivity contribution is 0.597. The van der Waals surface area contributed by atoms with Gasteiger partial charge >= 0.3 is 0 Å². The van der Waals surface area contributed by atoms with E-state index in [4.69, 9.17) is 11.6 Å². The van der Waals surface area contributed by atoms with Crippen molar-refractivity contribution >= 4 is 33.2 Å². The smallest absolute Gasteiger partial charge is 0.191 e. The number of hydrogen-bond donors (Lipinski definition) is 2. The number of halogens is 1. The predicted molar refractivity (Wildman–Crippen MR) is 103 cm³/mol. The van der Waals surface area contributed by atoms with Gasteiger partial charge in [-0.15, -0.1) is 0 Å². The predicted octanol–water partition coefficient (Wildman–Crippen LogP) is 1.30. The summed E-state index contributed by atoms with van der Waals surface area (Å²) in [6, 6.07) is 3.86. The molecular weight excluding hydrogens is 362 g/mol. The summed E-state index contributed by atoms with van der Waals surface area (Å²) in [6.07, 6.45) is 2.67. The molecule has 25 heavy (non-hydrogen) atoms. The minimum absolute atomic E-state index is 0.0699. The van der Waals surface area contributed by atoms with E-state index in [1.165, 1.54) is 0 Å². The van der Waals surface area contributed by atoms with Crippen LogP contribution in [0.3, 0.4) is 0 Å². The van der Waals surface area contributed by atoms with Crippen molar-refractivity contribution < 1.29 is 8.42 Å². The second-order valence-corrected chi connectivity index (χ2v) is 8.76. The molecule has 2 rings (SSSR count). The first-order valence-electron chi connectivity index (χ1n) is 8.56. The molecule has 1 saturated heterocycles. The number of rotatable bonds is 7. The molecule has 9 heteroatoms. The van der Waals surface area contributed by atoms with Gasteiger partial charge in [-0.05, 0) is 25.5 Å². The van der Waals surface area contributed by atoms with E-state index in [1.807, 2.05) is 19.1 Å². The topological polar surface area (TPSA) is 86.7 Å². The third-order valence-corrected chi connectivity index (χ3v) is 6.00. The zero-order valence-electron chi connectivity index (χ0n) is 14.7. The van der Waals surface area contributed by atoms with E-state index >= 15 is 0 Å². The third kappa shape index (κ3) is 6.04. The number of pyridine rings is 1. The van der Waals surface area contributed by atoms with Crippen LogP contribution < -0.4 is 15.5 Å². The minimum Gasteiger partial charge on any atom is -0.357 e. The van der Waals surface area contributed by atoms with Crippen LogP contribution in [0.5, 0.6) is 0 Å². The van der Waals surface area contributed by atoms with Gasteiger partial charge in [0.05, 0.1) is 17.3 Å². The summed E-state index contributed by atoms with van der Waals surface area (Å²) < 4.78 is 23.2. The van der Waals surface area contributed by atoms with E-state index < -0.39 is 9.84 Å². The molecule has 0 aliphatic carbocycles. The van der Waals surface area contributed by atoms with Gasteiger partial charge in [-0.2, -0.15) is 0 Å². The van der Waals surface area contributed by atoms with Gasteiger partial charge in [-0.25, -0.2) is 13.4 Å². The van der Waals surface area contributed by atoms with E-state index in [0.29, 0.717) is 11.0 Å². The molecule has 1 aliphatic rings. The number of hydrogen-bond acceptors (Lipinski definition) is 5. The fourth-order valence-corrected chi connectivity index (χ4v) is 3.53. The van der Waals surface area contributed by atoms with Gasteiger partial charge in [0.15, 0.2) is 15.8 Å². The van der Waals surface area contributed by atoms with Crippen molar-refractivity contribution in [3.05, 3.63) is 23.4 Å². The van der Waals surface area contributed by atoms with Crippen molar-refractivity contribution in [3.63, 3.8) is 0 Å². The molecule has 1 atom stereocenters. The first kappa shape index (κ1) is 19.8.